The van der Waals surface area contributed by atoms with E-state index >= 15 is 0 Å². The molecule has 0 radical (unpaired) electrons. The van der Waals surface area contributed by atoms with E-state index in [0.29, 0.717) is 5.92 Å². The van der Waals surface area contributed by atoms with Crippen LogP contribution in [0.5, 0.6) is 0 Å². The Labute approximate surface area is 117 Å². The summed E-state index contributed by atoms with van der Waals surface area (Å²) in [6.45, 7) is 3.15. The topological polar surface area (TPSA) is 29.5 Å². The summed E-state index contributed by atoms with van der Waals surface area (Å²) >= 11 is 0. The van der Waals surface area contributed by atoms with E-state index in [1.54, 1.807) is 0 Å². The summed E-state index contributed by atoms with van der Waals surface area (Å²) in [6, 6.07) is 0. The second kappa shape index (κ2) is 5.37. The summed E-state index contributed by atoms with van der Waals surface area (Å²) < 4.78 is 6.18. The Balaban J connectivity index is 1.68. The van der Waals surface area contributed by atoms with Gasteiger partial charge in [-0.25, -0.2) is 0 Å². The highest BCUT2D eigenvalue weighted by Crippen LogP contribution is 2.49. The maximum Gasteiger partial charge on any atom is 0.0686 e. The van der Waals surface area contributed by atoms with Crippen LogP contribution in [-0.4, -0.2) is 22.9 Å². The van der Waals surface area contributed by atoms with E-state index in [-0.39, 0.29) is 11.2 Å². The molecule has 3 atom stereocenters. The van der Waals surface area contributed by atoms with E-state index < -0.39 is 0 Å². The molecule has 2 aliphatic carbocycles. The lowest BCUT2D eigenvalue weighted by molar-refractivity contribution is -0.155. The Kier molecular flexibility index (Phi) is 3.92. The summed E-state index contributed by atoms with van der Waals surface area (Å²) in [4.78, 5) is 0. The SMILES string of the molecule is CCC1CCC(O)(C2CCOC3(CCCCC3)C2)C1. The zero-order chi connectivity index (χ0) is 13.3. The summed E-state index contributed by atoms with van der Waals surface area (Å²) in [5, 5.41) is 11.1. The van der Waals surface area contributed by atoms with Gasteiger partial charge in [-0.15, -0.1) is 0 Å². The smallest absolute Gasteiger partial charge is 0.0686 e. The quantitative estimate of drug-likeness (QED) is 0.817. The van der Waals surface area contributed by atoms with E-state index in [4.69, 9.17) is 4.74 Å². The zero-order valence-electron chi connectivity index (χ0n) is 12.5. The van der Waals surface area contributed by atoms with Crippen LogP contribution in [-0.2, 0) is 4.74 Å². The first-order chi connectivity index (χ1) is 9.16. The van der Waals surface area contributed by atoms with Crippen molar-refractivity contribution >= 4 is 0 Å². The molecule has 0 bridgehead atoms. The largest absolute Gasteiger partial charge is 0.390 e. The van der Waals surface area contributed by atoms with Crippen LogP contribution in [0.25, 0.3) is 0 Å². The van der Waals surface area contributed by atoms with E-state index in [0.717, 1.165) is 38.2 Å². The minimum Gasteiger partial charge on any atom is -0.390 e. The van der Waals surface area contributed by atoms with Gasteiger partial charge in [0.25, 0.3) is 0 Å². The number of aliphatic hydroxyl groups is 1. The summed E-state index contributed by atoms with van der Waals surface area (Å²) in [5.41, 5.74) is -0.226. The minimum absolute atomic E-state index is 0.140. The van der Waals surface area contributed by atoms with Crippen LogP contribution in [0.2, 0.25) is 0 Å². The van der Waals surface area contributed by atoms with Gasteiger partial charge in [0.15, 0.2) is 0 Å². The van der Waals surface area contributed by atoms with Crippen LogP contribution < -0.4 is 0 Å². The molecule has 2 nitrogen and oxygen atoms in total. The Bertz CT molecular complexity index is 303. The highest BCUT2D eigenvalue weighted by atomic mass is 16.5. The molecule has 3 rings (SSSR count). The second-order valence-corrected chi connectivity index (χ2v) is 7.40. The number of hydrogen-bond donors (Lipinski definition) is 1. The van der Waals surface area contributed by atoms with Gasteiger partial charge in [0, 0.05) is 6.61 Å². The fourth-order valence-corrected chi connectivity index (χ4v) is 4.91. The Morgan fingerprint density at radius 2 is 1.84 bits per heavy atom. The lowest BCUT2D eigenvalue weighted by Crippen LogP contribution is -2.48. The molecule has 2 heteroatoms. The molecule has 2 saturated carbocycles. The molecule has 0 aromatic carbocycles. The normalized spacial score (nSPS) is 42.6. The van der Waals surface area contributed by atoms with Crippen molar-refractivity contribution in [2.75, 3.05) is 6.61 Å². The van der Waals surface area contributed by atoms with Gasteiger partial charge in [-0.3, -0.25) is 0 Å². The zero-order valence-corrected chi connectivity index (χ0v) is 12.5. The van der Waals surface area contributed by atoms with E-state index in [1.165, 1.54) is 44.9 Å². The molecule has 1 saturated heterocycles. The van der Waals surface area contributed by atoms with Crippen molar-refractivity contribution in [3.63, 3.8) is 0 Å². The molecule has 0 aromatic heterocycles. The molecule has 1 aliphatic heterocycles. The molecular formula is C17H30O2. The standard InChI is InChI=1S/C17H30O2/c1-2-14-6-10-17(18,12-14)15-7-11-19-16(13-15)8-4-3-5-9-16/h14-15,18H,2-13H2,1H3. The molecule has 3 unspecified atom stereocenters. The maximum absolute atomic E-state index is 11.1. The molecule has 19 heavy (non-hydrogen) atoms. The van der Waals surface area contributed by atoms with Gasteiger partial charge in [0.05, 0.1) is 11.2 Å². The lowest BCUT2D eigenvalue weighted by Gasteiger charge is -2.47. The van der Waals surface area contributed by atoms with Crippen molar-refractivity contribution in [3.8, 4) is 0 Å². The minimum atomic E-state index is -0.366. The highest BCUT2D eigenvalue weighted by Gasteiger charge is 2.48. The summed E-state index contributed by atoms with van der Waals surface area (Å²) in [5.74, 6) is 1.26. The Morgan fingerprint density at radius 1 is 1.05 bits per heavy atom. The molecule has 110 valence electrons. The van der Waals surface area contributed by atoms with Gasteiger partial charge in [-0.05, 0) is 56.8 Å². The van der Waals surface area contributed by atoms with Gasteiger partial charge in [0.2, 0.25) is 0 Å². The van der Waals surface area contributed by atoms with Crippen molar-refractivity contribution in [3.05, 3.63) is 0 Å². The third-order valence-electron chi connectivity index (χ3n) is 6.22. The maximum atomic E-state index is 11.1. The van der Waals surface area contributed by atoms with Crippen molar-refractivity contribution in [2.45, 2.75) is 88.8 Å². The number of rotatable bonds is 2. The van der Waals surface area contributed by atoms with Gasteiger partial charge < -0.3 is 9.84 Å². The summed E-state index contributed by atoms with van der Waals surface area (Å²) in [6.07, 6.45) is 13.2. The first kappa shape index (κ1) is 13.9. The lowest BCUT2D eigenvalue weighted by atomic mass is 9.70. The molecule has 3 aliphatic rings. The molecule has 1 heterocycles. The van der Waals surface area contributed by atoms with Crippen LogP contribution in [0.1, 0.15) is 77.6 Å². The van der Waals surface area contributed by atoms with Crippen LogP contribution >= 0.6 is 0 Å². The van der Waals surface area contributed by atoms with Crippen molar-refractivity contribution in [1.29, 1.82) is 0 Å². The second-order valence-electron chi connectivity index (χ2n) is 7.40. The monoisotopic (exact) mass is 266 g/mol. The van der Waals surface area contributed by atoms with Gasteiger partial charge in [-0.1, -0.05) is 32.6 Å². The third kappa shape index (κ3) is 2.71. The van der Waals surface area contributed by atoms with Gasteiger partial charge in [0.1, 0.15) is 0 Å². The average molecular weight is 266 g/mol. The van der Waals surface area contributed by atoms with Crippen LogP contribution in [0, 0.1) is 11.8 Å². The first-order valence-electron chi connectivity index (χ1n) is 8.52. The first-order valence-corrected chi connectivity index (χ1v) is 8.52. The van der Waals surface area contributed by atoms with E-state index in [9.17, 15) is 5.11 Å². The van der Waals surface area contributed by atoms with Gasteiger partial charge in [-0.2, -0.15) is 0 Å². The van der Waals surface area contributed by atoms with Crippen LogP contribution in [0.3, 0.4) is 0 Å². The predicted molar refractivity (Wildman–Crippen MR) is 77.1 cm³/mol. The van der Waals surface area contributed by atoms with Gasteiger partial charge >= 0.3 is 0 Å². The molecular weight excluding hydrogens is 236 g/mol. The van der Waals surface area contributed by atoms with E-state index in [1.807, 2.05) is 0 Å². The van der Waals surface area contributed by atoms with Crippen LogP contribution in [0.4, 0.5) is 0 Å². The average Bonchev–Trinajstić information content (AvgIpc) is 2.83. The predicted octanol–water partition coefficient (Wildman–Crippen LogP) is 4.06. The fourth-order valence-electron chi connectivity index (χ4n) is 4.91. The Hall–Kier alpha value is -0.0800. The third-order valence-corrected chi connectivity index (χ3v) is 6.22. The number of hydrogen-bond acceptors (Lipinski definition) is 2. The number of ether oxygens (including phenoxy) is 1. The van der Waals surface area contributed by atoms with Crippen molar-refractivity contribution < 1.29 is 9.84 Å². The van der Waals surface area contributed by atoms with E-state index in [2.05, 4.69) is 6.92 Å². The Morgan fingerprint density at radius 3 is 2.53 bits per heavy atom. The molecule has 1 N–H and O–H groups in total. The highest BCUT2D eigenvalue weighted by molar-refractivity contribution is 5.00. The fraction of sp³-hybridized carbons (Fsp3) is 1.00. The van der Waals surface area contributed by atoms with Crippen LogP contribution in [0.15, 0.2) is 0 Å². The molecule has 3 fully saturated rings. The van der Waals surface area contributed by atoms with Crippen molar-refractivity contribution in [1.82, 2.24) is 0 Å². The molecule has 1 spiro atoms. The molecule has 0 aromatic rings. The molecule has 0 amide bonds. The summed E-state index contributed by atoms with van der Waals surface area (Å²) in [7, 11) is 0. The van der Waals surface area contributed by atoms with Crippen molar-refractivity contribution in [2.24, 2.45) is 11.8 Å².